The Balaban J connectivity index is 0.000000169. The quantitative estimate of drug-likeness (QED) is 0.0432. The van der Waals surface area contributed by atoms with Crippen LogP contribution in [0.1, 0.15) is 81.1 Å². The number of hydrogen-bond acceptors (Lipinski definition) is 12. The lowest BCUT2D eigenvalue weighted by Gasteiger charge is -2.34. The van der Waals surface area contributed by atoms with Gasteiger partial charge in [-0.3, -0.25) is 19.6 Å². The van der Waals surface area contributed by atoms with Crippen molar-refractivity contribution in [2.24, 2.45) is 0 Å². The zero-order valence-electron chi connectivity index (χ0n) is 36.9. The van der Waals surface area contributed by atoms with Gasteiger partial charge in [0.2, 0.25) is 11.6 Å². The van der Waals surface area contributed by atoms with E-state index < -0.39 is 45.8 Å². The predicted octanol–water partition coefficient (Wildman–Crippen LogP) is 7.57. The lowest BCUT2D eigenvalue weighted by atomic mass is 9.73. The zero-order valence-corrected chi connectivity index (χ0v) is 38.4. The number of pyridine rings is 2. The van der Waals surface area contributed by atoms with Crippen LogP contribution < -0.4 is 10.6 Å². The highest BCUT2D eigenvalue weighted by molar-refractivity contribution is 6.31. The van der Waals surface area contributed by atoms with Crippen molar-refractivity contribution in [2.45, 2.75) is 61.3 Å². The molecule has 8 rings (SSSR count). The normalized spacial score (nSPS) is 16.7. The molecule has 4 atom stereocenters. The van der Waals surface area contributed by atoms with Crippen molar-refractivity contribution in [1.29, 1.82) is 0 Å². The average Bonchev–Trinajstić information content (AvgIpc) is 3.39. The molecule has 4 heterocycles. The minimum atomic E-state index is -3.95. The van der Waals surface area contributed by atoms with E-state index in [2.05, 4.69) is 20.6 Å². The molecular formula is C52H52Cl2N4O10. The topological polar surface area (TPSA) is 217 Å². The zero-order chi connectivity index (χ0) is 48.5. The number of Topliss-reactive ketones (excluding diaryl/α,β-unsaturated/α-hetero) is 2. The first-order valence-electron chi connectivity index (χ1n) is 22.0. The van der Waals surface area contributed by atoms with E-state index in [4.69, 9.17) is 32.7 Å². The summed E-state index contributed by atoms with van der Waals surface area (Å²) in [7, 11) is 0. The van der Waals surface area contributed by atoms with E-state index in [1.807, 2.05) is 97.3 Å². The third kappa shape index (κ3) is 12.9. The highest BCUT2D eigenvalue weighted by atomic mass is 35.5. The van der Waals surface area contributed by atoms with Crippen LogP contribution in [-0.2, 0) is 19.1 Å². The Morgan fingerprint density at radius 3 is 1.12 bits per heavy atom. The van der Waals surface area contributed by atoms with Crippen LogP contribution in [0.3, 0.4) is 0 Å². The Morgan fingerprint density at radius 2 is 0.824 bits per heavy atom. The van der Waals surface area contributed by atoms with E-state index in [1.54, 1.807) is 0 Å². The van der Waals surface area contributed by atoms with Crippen LogP contribution in [0.25, 0.3) is 0 Å². The number of piperidine rings is 2. The highest BCUT2D eigenvalue weighted by Gasteiger charge is 2.69. The van der Waals surface area contributed by atoms with Gasteiger partial charge in [0, 0.05) is 33.6 Å². The minimum absolute atomic E-state index is 0.133. The number of ketones is 2. The molecule has 354 valence electrons. The molecule has 0 spiro atoms. The second-order valence-corrected chi connectivity index (χ2v) is 16.8. The first-order valence-corrected chi connectivity index (χ1v) is 22.7. The molecule has 0 saturated carbocycles. The van der Waals surface area contributed by atoms with Crippen molar-refractivity contribution in [3.8, 4) is 0 Å². The number of aromatic nitrogens is 2. The lowest BCUT2D eigenvalue weighted by Crippen LogP contribution is -2.71. The van der Waals surface area contributed by atoms with Gasteiger partial charge in [0.15, 0.2) is 0 Å². The van der Waals surface area contributed by atoms with Gasteiger partial charge in [-0.25, -0.2) is 9.59 Å². The molecule has 4 aromatic carbocycles. The fourth-order valence-corrected chi connectivity index (χ4v) is 7.90. The number of nitrogens with one attached hydrogen (secondary N) is 2. The summed E-state index contributed by atoms with van der Waals surface area (Å²) in [6.07, 6.45) is 8.05. The number of rotatable bonds is 15. The van der Waals surface area contributed by atoms with Crippen LogP contribution in [0, 0.1) is 0 Å². The smallest absolute Gasteiger partial charge is 0.348 e. The van der Waals surface area contributed by atoms with Crippen molar-refractivity contribution < 1.29 is 49.1 Å². The number of halogens is 2. The molecule has 6 aromatic rings. The second kappa shape index (κ2) is 24.7. The third-order valence-electron chi connectivity index (χ3n) is 11.4. The average molecular weight is 964 g/mol. The van der Waals surface area contributed by atoms with Gasteiger partial charge in [0.1, 0.15) is 12.2 Å². The van der Waals surface area contributed by atoms with Crippen molar-refractivity contribution in [1.82, 2.24) is 20.6 Å². The summed E-state index contributed by atoms with van der Waals surface area (Å²) in [4.78, 5) is 57.5. The van der Waals surface area contributed by atoms with Crippen molar-refractivity contribution >= 4 is 46.7 Å². The van der Waals surface area contributed by atoms with Crippen LogP contribution in [0.2, 0.25) is 10.0 Å². The largest absolute Gasteiger partial charge is 0.479 e. The van der Waals surface area contributed by atoms with Gasteiger partial charge in [-0.15, -0.1) is 0 Å². The molecule has 2 fully saturated rings. The fraction of sp³-hybridized carbons (Fsp3) is 0.269. The maximum Gasteiger partial charge on any atom is 0.348 e. The van der Waals surface area contributed by atoms with Gasteiger partial charge >= 0.3 is 11.9 Å². The highest BCUT2D eigenvalue weighted by Crippen LogP contribution is 2.33. The van der Waals surface area contributed by atoms with E-state index in [0.717, 1.165) is 109 Å². The van der Waals surface area contributed by atoms with Crippen LogP contribution in [0.15, 0.2) is 158 Å². The molecule has 2 saturated heterocycles. The number of benzene rings is 4. The van der Waals surface area contributed by atoms with E-state index >= 15 is 0 Å². The minimum Gasteiger partial charge on any atom is -0.479 e. The van der Waals surface area contributed by atoms with Crippen LogP contribution in [0.4, 0.5) is 0 Å². The Kier molecular flexibility index (Phi) is 18.6. The van der Waals surface area contributed by atoms with Gasteiger partial charge in [0.05, 0.1) is 23.6 Å². The monoisotopic (exact) mass is 962 g/mol. The standard InChI is InChI=1S/C18H14O8.2C17H19ClN2O/c19-13(11-7-3-1-4-8-11)17(25,15(21)22)18(26,16(23)24)14(20)12-9-5-2-6-10-12;2*18-14-6-4-13(5-7-14)17(16-3-1-2-10-20-16)21-15-8-11-19-12-9-15/h1-10,25-26H,(H,21,22)(H,23,24);2*1-7,10,15,17,19H,8-9,11-12H2. The second-order valence-electron chi connectivity index (χ2n) is 16.0. The molecule has 2 aromatic heterocycles. The van der Waals surface area contributed by atoms with Crippen LogP contribution in [-0.4, -0.2) is 103 Å². The van der Waals surface area contributed by atoms with Gasteiger partial charge in [0.25, 0.3) is 11.2 Å². The molecule has 0 amide bonds. The Morgan fingerprint density at radius 1 is 0.500 bits per heavy atom. The van der Waals surface area contributed by atoms with Crippen molar-refractivity contribution in [3.05, 3.63) is 202 Å². The molecule has 2 aliphatic rings. The fourth-order valence-electron chi connectivity index (χ4n) is 7.65. The number of carbonyl (C=O) groups excluding carboxylic acids is 2. The van der Waals surface area contributed by atoms with E-state index in [-0.39, 0.29) is 24.4 Å². The molecule has 0 bridgehead atoms. The Bertz CT molecular complexity index is 2360. The number of hydrogen-bond donors (Lipinski definition) is 6. The van der Waals surface area contributed by atoms with Crippen molar-refractivity contribution in [3.63, 3.8) is 0 Å². The number of ether oxygens (including phenoxy) is 2. The third-order valence-corrected chi connectivity index (χ3v) is 11.9. The van der Waals surface area contributed by atoms with Gasteiger partial charge < -0.3 is 40.5 Å². The summed E-state index contributed by atoms with van der Waals surface area (Å²) >= 11 is 12.0. The van der Waals surface area contributed by atoms with E-state index in [0.29, 0.717) is 0 Å². The van der Waals surface area contributed by atoms with E-state index in [9.17, 15) is 39.6 Å². The lowest BCUT2D eigenvalue weighted by molar-refractivity contribution is -0.187. The number of carboxylic acid groups (broad SMARTS) is 2. The van der Waals surface area contributed by atoms with Crippen LogP contribution in [0.5, 0.6) is 0 Å². The summed E-state index contributed by atoms with van der Waals surface area (Å²) in [5.74, 6) is -8.03. The van der Waals surface area contributed by atoms with Crippen LogP contribution >= 0.6 is 23.2 Å². The molecule has 14 nitrogen and oxygen atoms in total. The van der Waals surface area contributed by atoms with E-state index in [1.165, 1.54) is 36.4 Å². The number of aliphatic hydroxyl groups is 2. The first kappa shape index (κ1) is 51.2. The summed E-state index contributed by atoms with van der Waals surface area (Å²) in [6.45, 7) is 4.06. The van der Waals surface area contributed by atoms with Gasteiger partial charge in [-0.05, 0) is 112 Å². The number of nitrogens with zero attached hydrogens (tertiary/aromatic N) is 2. The molecule has 16 heteroatoms. The maximum absolute atomic E-state index is 12.6. The molecule has 68 heavy (non-hydrogen) atoms. The first-order chi connectivity index (χ1) is 32.8. The number of aliphatic carboxylic acids is 2. The van der Waals surface area contributed by atoms with Gasteiger partial charge in [-0.1, -0.05) is 120 Å². The Hall–Kier alpha value is -6.20. The summed E-state index contributed by atoms with van der Waals surface area (Å²) in [5, 5.41) is 48.1. The molecule has 6 N–H and O–H groups in total. The number of carboxylic acids is 2. The van der Waals surface area contributed by atoms with Crippen molar-refractivity contribution in [2.75, 3.05) is 26.2 Å². The summed E-state index contributed by atoms with van der Waals surface area (Å²) in [6, 6.07) is 40.4. The number of carbonyl (C=O) groups is 4. The molecule has 0 radical (unpaired) electrons. The predicted molar refractivity (Wildman–Crippen MR) is 256 cm³/mol. The molecule has 4 unspecified atom stereocenters. The molecule has 2 aliphatic heterocycles. The molecule has 0 aliphatic carbocycles. The SMILES string of the molecule is Clc1ccc(C(OC2CCNCC2)c2ccccn2)cc1.Clc1ccc(C(OC2CCNCC2)c2ccccn2)cc1.O=C(O)C(O)(C(=O)c1ccccc1)C(O)(C(=O)O)C(=O)c1ccccc1. The summed E-state index contributed by atoms with van der Waals surface area (Å²) < 4.78 is 12.7. The Labute approximate surface area is 403 Å². The summed E-state index contributed by atoms with van der Waals surface area (Å²) in [5.41, 5.74) is -4.61. The molecular weight excluding hydrogens is 911 g/mol. The maximum atomic E-state index is 12.6. The van der Waals surface area contributed by atoms with Gasteiger partial charge in [-0.2, -0.15) is 0 Å².